The molecule has 2 saturated heterocycles. The Morgan fingerprint density at radius 1 is 0.800 bits per heavy atom. The zero-order valence-electron chi connectivity index (χ0n) is 27.8. The Balaban J connectivity index is 1.34. The van der Waals surface area contributed by atoms with Gasteiger partial charge < -0.3 is 14.5 Å². The largest absolute Gasteiger partial charge is 0.493 e. The number of hydrogen-bond acceptors (Lipinski definition) is 6. The van der Waals surface area contributed by atoms with Gasteiger partial charge in [-0.2, -0.15) is 13.2 Å². The molecular formula is C37H40Cl2F3N5O3. The van der Waals surface area contributed by atoms with Crippen LogP contribution in [0.4, 0.5) is 13.2 Å². The van der Waals surface area contributed by atoms with Crippen molar-refractivity contribution < 1.29 is 27.5 Å². The number of carbonyl (C=O) groups is 2. The molecule has 50 heavy (non-hydrogen) atoms. The van der Waals surface area contributed by atoms with Gasteiger partial charge in [0.15, 0.2) is 0 Å². The van der Waals surface area contributed by atoms with Gasteiger partial charge in [-0.15, -0.1) is 0 Å². The zero-order valence-corrected chi connectivity index (χ0v) is 29.4. The van der Waals surface area contributed by atoms with Crippen molar-refractivity contribution in [1.82, 2.24) is 19.6 Å². The van der Waals surface area contributed by atoms with Gasteiger partial charge >= 0.3 is 18.0 Å². The first kappa shape index (κ1) is 36.2. The van der Waals surface area contributed by atoms with Gasteiger partial charge in [-0.25, -0.2) is 0 Å². The van der Waals surface area contributed by atoms with Crippen LogP contribution in [0.1, 0.15) is 60.5 Å². The number of halogens is 5. The van der Waals surface area contributed by atoms with Gasteiger partial charge in [0.05, 0.1) is 23.8 Å². The molecule has 0 spiro atoms. The summed E-state index contributed by atoms with van der Waals surface area (Å²) in [7, 11) is 0. The number of likely N-dealkylation sites (tertiary alicyclic amines) is 1. The summed E-state index contributed by atoms with van der Waals surface area (Å²) in [6.07, 6.45) is -1.07. The Morgan fingerprint density at radius 2 is 1.38 bits per heavy atom. The van der Waals surface area contributed by atoms with Gasteiger partial charge in [0.25, 0.3) is 0 Å². The van der Waals surface area contributed by atoms with Crippen LogP contribution in [0.3, 0.4) is 0 Å². The van der Waals surface area contributed by atoms with Crippen LogP contribution in [0, 0.1) is 0 Å². The van der Waals surface area contributed by atoms with Crippen LogP contribution in [0.2, 0.25) is 10.0 Å². The summed E-state index contributed by atoms with van der Waals surface area (Å²) in [4.78, 5) is 41.3. The van der Waals surface area contributed by atoms with Crippen molar-refractivity contribution in [3.63, 3.8) is 0 Å². The number of amides is 2. The first-order chi connectivity index (χ1) is 24.0. The predicted octanol–water partition coefficient (Wildman–Crippen LogP) is 7.11. The molecule has 3 aromatic carbocycles. The molecule has 3 heterocycles. The number of alkyl halides is 3. The summed E-state index contributed by atoms with van der Waals surface area (Å²) < 4.78 is 47.1. The van der Waals surface area contributed by atoms with Gasteiger partial charge in [-0.3, -0.25) is 24.4 Å². The molecule has 2 fully saturated rings. The lowest BCUT2D eigenvalue weighted by Gasteiger charge is -2.36. The quantitative estimate of drug-likeness (QED) is 0.220. The average Bonchev–Trinajstić information content (AvgIpc) is 3.77. The highest BCUT2D eigenvalue weighted by molar-refractivity contribution is 6.39. The number of benzene rings is 3. The predicted molar refractivity (Wildman–Crippen MR) is 188 cm³/mol. The SMILES string of the molecule is CCOc1cc(C(F)(F)F)ccc1C1=NC(c2ccc(Cl)cc2)C(c2ccc(Cl)cc2)N1C(=O)C(=O)N1CCN(CCCN2CCCC2)CC1. The molecule has 0 saturated carbocycles. The maximum Gasteiger partial charge on any atom is 0.416 e. The highest BCUT2D eigenvalue weighted by Crippen LogP contribution is 2.46. The summed E-state index contributed by atoms with van der Waals surface area (Å²) >= 11 is 12.5. The smallest absolute Gasteiger partial charge is 0.416 e. The van der Waals surface area contributed by atoms with Crippen LogP contribution in [-0.4, -0.2) is 96.2 Å². The standard InChI is InChI=1S/C37H40Cl2F3N5O3/c1-2-50-31-24-27(37(40,41)42)10-15-30(31)34-43-32(25-6-11-28(38)12-7-25)33(26-8-13-29(39)14-9-26)47(34)36(49)35(48)46-22-20-45(21-23-46)19-5-18-44-16-3-4-17-44/h6-15,24,32-33H,2-5,16-23H2,1H3. The molecule has 3 aromatic rings. The van der Waals surface area contributed by atoms with E-state index in [1.54, 1.807) is 60.4 Å². The van der Waals surface area contributed by atoms with Gasteiger partial charge in [0, 0.05) is 36.2 Å². The van der Waals surface area contributed by atoms with E-state index in [2.05, 4.69) is 9.80 Å². The molecule has 2 amide bonds. The van der Waals surface area contributed by atoms with E-state index in [0.29, 0.717) is 47.4 Å². The van der Waals surface area contributed by atoms with Crippen LogP contribution in [-0.2, 0) is 15.8 Å². The van der Waals surface area contributed by atoms with Crippen LogP contribution < -0.4 is 4.74 Å². The van der Waals surface area contributed by atoms with Crippen molar-refractivity contribution in [3.8, 4) is 5.75 Å². The molecule has 2 unspecified atom stereocenters. The average molecular weight is 731 g/mol. The van der Waals surface area contributed by atoms with Gasteiger partial charge in [0.2, 0.25) is 0 Å². The fourth-order valence-electron chi connectivity index (χ4n) is 6.96. The van der Waals surface area contributed by atoms with Crippen LogP contribution >= 0.6 is 23.2 Å². The number of ether oxygens (including phenoxy) is 1. The molecule has 0 aromatic heterocycles. The summed E-state index contributed by atoms with van der Waals surface area (Å²) in [6, 6.07) is 15.4. The summed E-state index contributed by atoms with van der Waals surface area (Å²) in [5, 5.41) is 0.975. The Kier molecular flexibility index (Phi) is 11.4. The minimum atomic E-state index is -4.62. The van der Waals surface area contributed by atoms with Crippen molar-refractivity contribution in [2.24, 2.45) is 4.99 Å². The second-order valence-corrected chi connectivity index (χ2v) is 13.7. The molecular weight excluding hydrogens is 690 g/mol. The van der Waals surface area contributed by atoms with Crippen molar-refractivity contribution in [1.29, 1.82) is 0 Å². The second-order valence-electron chi connectivity index (χ2n) is 12.8. The number of hydrogen-bond donors (Lipinski definition) is 0. The first-order valence-electron chi connectivity index (χ1n) is 17.0. The third-order valence-electron chi connectivity index (χ3n) is 9.55. The lowest BCUT2D eigenvalue weighted by Crippen LogP contribution is -2.54. The number of piperazine rings is 1. The molecule has 13 heteroatoms. The molecule has 0 radical (unpaired) electrons. The van der Waals surface area contributed by atoms with Crippen molar-refractivity contribution in [3.05, 3.63) is 99.0 Å². The van der Waals surface area contributed by atoms with Crippen molar-refractivity contribution in [2.75, 3.05) is 59.0 Å². The highest BCUT2D eigenvalue weighted by Gasteiger charge is 2.46. The summed E-state index contributed by atoms with van der Waals surface area (Å²) in [5.41, 5.74) is 0.599. The fourth-order valence-corrected chi connectivity index (χ4v) is 7.21. The maximum absolute atomic E-state index is 14.6. The Hall–Kier alpha value is -3.64. The van der Waals surface area contributed by atoms with E-state index >= 15 is 0 Å². The van der Waals surface area contributed by atoms with E-state index in [9.17, 15) is 22.8 Å². The van der Waals surface area contributed by atoms with E-state index in [0.717, 1.165) is 44.7 Å². The maximum atomic E-state index is 14.6. The minimum Gasteiger partial charge on any atom is -0.493 e. The van der Waals surface area contributed by atoms with Crippen molar-refractivity contribution >= 4 is 40.9 Å². The molecule has 0 bridgehead atoms. The van der Waals surface area contributed by atoms with E-state index < -0.39 is 35.6 Å². The number of amidine groups is 1. The Labute approximate surface area is 300 Å². The molecule has 8 nitrogen and oxygen atoms in total. The number of aliphatic imine (C=N–C) groups is 1. The van der Waals surface area contributed by atoms with Crippen LogP contribution in [0.15, 0.2) is 71.7 Å². The van der Waals surface area contributed by atoms with E-state index in [1.807, 2.05) is 0 Å². The molecule has 3 aliphatic rings. The Morgan fingerprint density at radius 3 is 1.96 bits per heavy atom. The lowest BCUT2D eigenvalue weighted by atomic mass is 9.93. The third-order valence-corrected chi connectivity index (χ3v) is 10.1. The summed E-state index contributed by atoms with van der Waals surface area (Å²) in [6.45, 7) is 8.05. The third kappa shape index (κ3) is 8.12. The normalized spacial score (nSPS) is 20.3. The zero-order chi connectivity index (χ0) is 35.4. The molecule has 3 aliphatic heterocycles. The first-order valence-corrected chi connectivity index (χ1v) is 17.8. The van der Waals surface area contributed by atoms with Gasteiger partial charge in [-0.05, 0) is 106 Å². The molecule has 0 N–H and O–H groups in total. The van der Waals surface area contributed by atoms with Crippen molar-refractivity contribution in [2.45, 2.75) is 44.4 Å². The lowest BCUT2D eigenvalue weighted by molar-refractivity contribution is -0.151. The monoisotopic (exact) mass is 729 g/mol. The van der Waals surface area contributed by atoms with E-state index in [1.165, 1.54) is 23.8 Å². The summed E-state index contributed by atoms with van der Waals surface area (Å²) in [5.74, 6) is -1.58. The number of carbonyl (C=O) groups excluding carboxylic acids is 2. The Bertz CT molecular complexity index is 1690. The number of rotatable bonds is 9. The minimum absolute atomic E-state index is 0.0426. The molecule has 266 valence electrons. The molecule has 0 aliphatic carbocycles. The number of nitrogens with zero attached hydrogens (tertiary/aromatic N) is 5. The molecule has 2 atom stereocenters. The highest BCUT2D eigenvalue weighted by atomic mass is 35.5. The second kappa shape index (κ2) is 15.7. The van der Waals surface area contributed by atoms with Crippen LogP contribution in [0.25, 0.3) is 0 Å². The topological polar surface area (TPSA) is 68.7 Å². The van der Waals surface area contributed by atoms with E-state index in [-0.39, 0.29) is 23.8 Å². The molecule has 6 rings (SSSR count). The van der Waals surface area contributed by atoms with Gasteiger partial charge in [0.1, 0.15) is 17.6 Å². The van der Waals surface area contributed by atoms with E-state index in [4.69, 9.17) is 32.9 Å². The fraction of sp³-hybridized carbons (Fsp3) is 0.432. The van der Waals surface area contributed by atoms with Gasteiger partial charge in [-0.1, -0.05) is 47.5 Å². The van der Waals surface area contributed by atoms with Crippen LogP contribution in [0.5, 0.6) is 5.75 Å².